The van der Waals surface area contributed by atoms with Crippen LogP contribution in [0.25, 0.3) is 0 Å². The molecule has 1 aromatic heterocycles. The molecular formula is C12H13N3OS2. The molecule has 94 valence electrons. The van der Waals surface area contributed by atoms with E-state index in [2.05, 4.69) is 10.3 Å². The van der Waals surface area contributed by atoms with Gasteiger partial charge in [0, 0.05) is 11.6 Å². The normalized spacial score (nSPS) is 10.3. The summed E-state index contributed by atoms with van der Waals surface area (Å²) in [6.07, 6.45) is 1.73. The number of aromatic nitrogens is 1. The van der Waals surface area contributed by atoms with Gasteiger partial charge in [-0.1, -0.05) is 17.8 Å². The van der Waals surface area contributed by atoms with Gasteiger partial charge in [-0.05, 0) is 24.6 Å². The minimum absolute atomic E-state index is 0.0780. The highest BCUT2D eigenvalue weighted by molar-refractivity contribution is 8.01. The van der Waals surface area contributed by atoms with Crippen LogP contribution in [0.1, 0.15) is 5.56 Å². The number of nitrogens with zero attached hydrogens (tertiary/aromatic N) is 1. The topological polar surface area (TPSA) is 68.0 Å². The molecule has 1 aromatic carbocycles. The molecule has 0 bridgehead atoms. The predicted molar refractivity (Wildman–Crippen MR) is 77.1 cm³/mol. The van der Waals surface area contributed by atoms with E-state index in [9.17, 15) is 4.79 Å². The van der Waals surface area contributed by atoms with Crippen molar-refractivity contribution < 1.29 is 4.79 Å². The van der Waals surface area contributed by atoms with Crippen molar-refractivity contribution in [1.29, 1.82) is 0 Å². The smallest absolute Gasteiger partial charge is 0.234 e. The van der Waals surface area contributed by atoms with Crippen LogP contribution in [0.5, 0.6) is 0 Å². The van der Waals surface area contributed by atoms with E-state index in [0.29, 0.717) is 17.1 Å². The highest BCUT2D eigenvalue weighted by Gasteiger charge is 2.07. The molecule has 6 heteroatoms. The second-order valence-corrected chi connectivity index (χ2v) is 5.84. The number of aryl methyl sites for hydroxylation is 1. The predicted octanol–water partition coefficient (Wildman–Crippen LogP) is 2.76. The van der Waals surface area contributed by atoms with E-state index in [-0.39, 0.29) is 5.91 Å². The van der Waals surface area contributed by atoms with Gasteiger partial charge < -0.3 is 11.1 Å². The van der Waals surface area contributed by atoms with Crippen LogP contribution in [-0.4, -0.2) is 16.6 Å². The van der Waals surface area contributed by atoms with Crippen molar-refractivity contribution in [2.45, 2.75) is 11.3 Å². The van der Waals surface area contributed by atoms with E-state index in [0.717, 1.165) is 9.90 Å². The lowest BCUT2D eigenvalue weighted by Gasteiger charge is -2.08. The molecule has 0 fully saturated rings. The van der Waals surface area contributed by atoms with Crippen LogP contribution in [0.15, 0.2) is 34.1 Å². The molecule has 0 aliphatic heterocycles. The van der Waals surface area contributed by atoms with Gasteiger partial charge in [-0.3, -0.25) is 4.79 Å². The van der Waals surface area contributed by atoms with E-state index in [1.54, 1.807) is 6.20 Å². The van der Waals surface area contributed by atoms with Gasteiger partial charge in [0.05, 0.1) is 17.1 Å². The maximum atomic E-state index is 11.7. The highest BCUT2D eigenvalue weighted by atomic mass is 32.2. The van der Waals surface area contributed by atoms with Gasteiger partial charge >= 0.3 is 0 Å². The molecule has 2 rings (SSSR count). The Morgan fingerprint density at radius 2 is 2.39 bits per heavy atom. The fourth-order valence-electron chi connectivity index (χ4n) is 1.39. The minimum atomic E-state index is -0.0780. The lowest BCUT2D eigenvalue weighted by molar-refractivity contribution is -0.113. The molecule has 0 saturated carbocycles. The Hall–Kier alpha value is -1.53. The summed E-state index contributed by atoms with van der Waals surface area (Å²) in [6.45, 7) is 1.96. The second kappa shape index (κ2) is 5.88. The van der Waals surface area contributed by atoms with Crippen LogP contribution in [0, 0.1) is 6.92 Å². The van der Waals surface area contributed by atoms with Crippen molar-refractivity contribution in [3.63, 3.8) is 0 Å². The zero-order valence-electron chi connectivity index (χ0n) is 9.84. The second-order valence-electron chi connectivity index (χ2n) is 3.73. The van der Waals surface area contributed by atoms with Crippen LogP contribution in [-0.2, 0) is 4.79 Å². The van der Waals surface area contributed by atoms with Crippen molar-refractivity contribution in [2.24, 2.45) is 0 Å². The van der Waals surface area contributed by atoms with Gasteiger partial charge in [0.15, 0.2) is 0 Å². The molecule has 18 heavy (non-hydrogen) atoms. The molecule has 0 saturated heterocycles. The van der Waals surface area contributed by atoms with Crippen molar-refractivity contribution in [3.05, 3.63) is 35.3 Å². The van der Waals surface area contributed by atoms with Crippen molar-refractivity contribution in [3.8, 4) is 0 Å². The SMILES string of the molecule is Cc1ccc(NC(=O)CSc2nccs2)c(N)c1. The molecule has 0 aliphatic rings. The first-order chi connectivity index (χ1) is 8.65. The van der Waals surface area contributed by atoms with E-state index < -0.39 is 0 Å². The molecule has 0 radical (unpaired) electrons. The van der Waals surface area contributed by atoms with Gasteiger partial charge in [-0.2, -0.15) is 0 Å². The molecular weight excluding hydrogens is 266 g/mol. The monoisotopic (exact) mass is 279 g/mol. The van der Waals surface area contributed by atoms with Gasteiger partial charge in [0.1, 0.15) is 4.34 Å². The maximum Gasteiger partial charge on any atom is 0.234 e. The van der Waals surface area contributed by atoms with E-state index >= 15 is 0 Å². The number of nitrogens with one attached hydrogen (secondary N) is 1. The van der Waals surface area contributed by atoms with Crippen LogP contribution in [0.3, 0.4) is 0 Å². The van der Waals surface area contributed by atoms with Gasteiger partial charge in [0.25, 0.3) is 0 Å². The van der Waals surface area contributed by atoms with Crippen molar-refractivity contribution in [2.75, 3.05) is 16.8 Å². The fraction of sp³-hybridized carbons (Fsp3) is 0.167. The number of anilines is 2. The number of thioether (sulfide) groups is 1. The molecule has 0 spiro atoms. The average Bonchev–Trinajstić information content (AvgIpc) is 2.83. The Balaban J connectivity index is 1.91. The fourth-order valence-corrected chi connectivity index (χ4v) is 2.83. The van der Waals surface area contributed by atoms with Crippen LogP contribution in [0.2, 0.25) is 0 Å². The zero-order chi connectivity index (χ0) is 13.0. The van der Waals surface area contributed by atoms with Gasteiger partial charge in [-0.25, -0.2) is 4.98 Å². The Kier molecular flexibility index (Phi) is 4.22. The number of rotatable bonds is 4. The number of hydrogen-bond donors (Lipinski definition) is 2. The lowest BCUT2D eigenvalue weighted by atomic mass is 10.2. The van der Waals surface area contributed by atoms with Crippen LogP contribution < -0.4 is 11.1 Å². The van der Waals surface area contributed by atoms with Crippen LogP contribution in [0.4, 0.5) is 11.4 Å². The number of carbonyl (C=O) groups excluding carboxylic acids is 1. The molecule has 3 N–H and O–H groups in total. The summed E-state index contributed by atoms with van der Waals surface area (Å²) >= 11 is 2.94. The third kappa shape index (κ3) is 3.48. The first-order valence-electron chi connectivity index (χ1n) is 5.33. The first kappa shape index (κ1) is 12.9. The molecule has 0 atom stereocenters. The lowest BCUT2D eigenvalue weighted by Crippen LogP contribution is -2.15. The number of nitrogens with two attached hydrogens (primary N) is 1. The van der Waals surface area contributed by atoms with E-state index in [1.807, 2.05) is 30.5 Å². The number of hydrogen-bond acceptors (Lipinski definition) is 5. The number of benzene rings is 1. The summed E-state index contributed by atoms with van der Waals surface area (Å²) in [4.78, 5) is 15.8. The van der Waals surface area contributed by atoms with Gasteiger partial charge in [-0.15, -0.1) is 11.3 Å². The quantitative estimate of drug-likeness (QED) is 0.667. The summed E-state index contributed by atoms with van der Waals surface area (Å²) in [6, 6.07) is 5.57. The average molecular weight is 279 g/mol. The Morgan fingerprint density at radius 1 is 1.56 bits per heavy atom. The molecule has 1 amide bonds. The number of amides is 1. The summed E-state index contributed by atoms with van der Waals surface area (Å²) in [5.74, 6) is 0.256. The zero-order valence-corrected chi connectivity index (χ0v) is 11.5. The minimum Gasteiger partial charge on any atom is -0.397 e. The van der Waals surface area contributed by atoms with Crippen molar-refractivity contribution in [1.82, 2.24) is 4.98 Å². The van der Waals surface area contributed by atoms with E-state index in [1.165, 1.54) is 23.1 Å². The van der Waals surface area contributed by atoms with Gasteiger partial charge in [0.2, 0.25) is 5.91 Å². The standard InChI is InChI=1S/C12H13N3OS2/c1-8-2-3-10(9(13)6-8)15-11(16)7-18-12-14-4-5-17-12/h2-6H,7,13H2,1H3,(H,15,16). The third-order valence-electron chi connectivity index (χ3n) is 2.22. The Morgan fingerprint density at radius 3 is 3.06 bits per heavy atom. The molecule has 0 unspecified atom stereocenters. The summed E-state index contributed by atoms with van der Waals surface area (Å²) in [5, 5.41) is 4.68. The number of carbonyl (C=O) groups is 1. The largest absolute Gasteiger partial charge is 0.397 e. The molecule has 0 aliphatic carbocycles. The van der Waals surface area contributed by atoms with Crippen molar-refractivity contribution >= 4 is 40.4 Å². The summed E-state index contributed by atoms with van der Waals surface area (Å²) in [5.41, 5.74) is 8.14. The maximum absolute atomic E-state index is 11.7. The van der Waals surface area contributed by atoms with Crippen LogP contribution >= 0.6 is 23.1 Å². The molecule has 2 aromatic rings. The number of nitrogen functional groups attached to an aromatic ring is 1. The first-order valence-corrected chi connectivity index (χ1v) is 7.20. The molecule has 4 nitrogen and oxygen atoms in total. The number of thiazole rings is 1. The third-order valence-corrected chi connectivity index (χ3v) is 4.18. The summed E-state index contributed by atoms with van der Waals surface area (Å²) in [7, 11) is 0. The highest BCUT2D eigenvalue weighted by Crippen LogP contribution is 2.22. The Bertz CT molecular complexity index is 540. The summed E-state index contributed by atoms with van der Waals surface area (Å²) < 4.78 is 0.891. The Labute approximate surface area is 114 Å². The molecule has 1 heterocycles. The van der Waals surface area contributed by atoms with E-state index in [4.69, 9.17) is 5.73 Å².